The zero-order chi connectivity index (χ0) is 12.0. The molecule has 1 atom stereocenters. The Morgan fingerprint density at radius 2 is 2.31 bits per heavy atom. The molecular weight excluding hydrogens is 202 g/mol. The fraction of sp³-hybridized carbons (Fsp3) is 0.667. The summed E-state index contributed by atoms with van der Waals surface area (Å²) in [4.78, 5) is 16.0. The van der Waals surface area contributed by atoms with Gasteiger partial charge in [0, 0.05) is 25.4 Å². The van der Waals surface area contributed by atoms with Crippen molar-refractivity contribution in [3.8, 4) is 0 Å². The molecule has 4 heteroatoms. The normalized spacial score (nSPS) is 12.7. The Kier molecular flexibility index (Phi) is 5.19. The molecule has 0 saturated carbocycles. The molecule has 0 aliphatic carbocycles. The van der Waals surface area contributed by atoms with Crippen molar-refractivity contribution < 1.29 is 4.79 Å². The Morgan fingerprint density at radius 1 is 1.56 bits per heavy atom. The fourth-order valence-corrected chi connectivity index (χ4v) is 1.73. The highest BCUT2D eigenvalue weighted by molar-refractivity contribution is 5.92. The van der Waals surface area contributed by atoms with Gasteiger partial charge >= 0.3 is 0 Å². The van der Waals surface area contributed by atoms with E-state index in [-0.39, 0.29) is 5.78 Å². The number of Topliss-reactive ketones (excluding diaryl/α,β-unsaturated/α-hetero) is 1. The van der Waals surface area contributed by atoms with E-state index >= 15 is 0 Å². The van der Waals surface area contributed by atoms with E-state index in [0.29, 0.717) is 24.7 Å². The van der Waals surface area contributed by atoms with Crippen LogP contribution in [0.2, 0.25) is 0 Å². The van der Waals surface area contributed by atoms with Gasteiger partial charge in [-0.3, -0.25) is 4.79 Å². The number of aryl methyl sites for hydroxylation is 1. The second-order valence-corrected chi connectivity index (χ2v) is 4.18. The smallest absolute Gasteiger partial charge is 0.198 e. The molecular formula is C12H21N3O. The lowest BCUT2D eigenvalue weighted by atomic mass is 10.00. The van der Waals surface area contributed by atoms with Gasteiger partial charge in [-0.2, -0.15) is 0 Å². The van der Waals surface area contributed by atoms with Crippen molar-refractivity contribution in [2.45, 2.75) is 39.7 Å². The highest BCUT2D eigenvalue weighted by atomic mass is 16.1. The molecule has 0 aromatic carbocycles. The summed E-state index contributed by atoms with van der Waals surface area (Å²) in [5.41, 5.74) is 5.47. The maximum atomic E-state index is 11.9. The van der Waals surface area contributed by atoms with E-state index in [1.807, 2.05) is 17.7 Å². The zero-order valence-electron chi connectivity index (χ0n) is 10.1. The summed E-state index contributed by atoms with van der Waals surface area (Å²) in [6, 6.07) is 0. The maximum absolute atomic E-state index is 11.9. The van der Waals surface area contributed by atoms with Crippen molar-refractivity contribution in [2.75, 3.05) is 6.54 Å². The average molecular weight is 223 g/mol. The molecule has 0 spiro atoms. The van der Waals surface area contributed by atoms with E-state index in [1.54, 1.807) is 6.20 Å². The van der Waals surface area contributed by atoms with Crippen LogP contribution in [0.15, 0.2) is 12.4 Å². The number of hydrogen-bond acceptors (Lipinski definition) is 3. The van der Waals surface area contributed by atoms with Crippen LogP contribution in [0.1, 0.15) is 43.7 Å². The molecule has 4 nitrogen and oxygen atoms in total. The van der Waals surface area contributed by atoms with Gasteiger partial charge in [-0.25, -0.2) is 4.98 Å². The zero-order valence-corrected chi connectivity index (χ0v) is 10.1. The van der Waals surface area contributed by atoms with E-state index in [9.17, 15) is 4.79 Å². The number of aromatic nitrogens is 2. The largest absolute Gasteiger partial charge is 0.330 e. The summed E-state index contributed by atoms with van der Waals surface area (Å²) < 4.78 is 1.88. The molecule has 16 heavy (non-hydrogen) atoms. The highest BCUT2D eigenvalue weighted by Crippen LogP contribution is 2.12. The number of nitrogens with zero attached hydrogens (tertiary/aromatic N) is 2. The second kappa shape index (κ2) is 6.43. The molecule has 1 aromatic heterocycles. The van der Waals surface area contributed by atoms with Crippen LogP contribution in [0.5, 0.6) is 0 Å². The lowest BCUT2D eigenvalue weighted by Crippen LogP contribution is -2.12. The molecule has 0 aliphatic rings. The molecule has 1 unspecified atom stereocenters. The first-order chi connectivity index (χ1) is 7.69. The topological polar surface area (TPSA) is 60.9 Å². The van der Waals surface area contributed by atoms with Gasteiger partial charge in [-0.05, 0) is 32.2 Å². The number of ketones is 1. The number of imidazole rings is 1. The average Bonchev–Trinajstić information content (AvgIpc) is 2.74. The third kappa shape index (κ3) is 3.45. The molecule has 0 saturated heterocycles. The van der Waals surface area contributed by atoms with Crippen LogP contribution < -0.4 is 5.73 Å². The minimum absolute atomic E-state index is 0.135. The number of carbonyl (C=O) groups is 1. The minimum Gasteiger partial charge on any atom is -0.330 e. The van der Waals surface area contributed by atoms with E-state index in [2.05, 4.69) is 11.9 Å². The Hall–Kier alpha value is -1.16. The standard InChI is InChI=1S/C12H21N3O/c1-3-15-9-8-14-12(15)11(16)5-4-10(2)6-7-13/h8-10H,3-7,13H2,1-2H3. The van der Waals surface area contributed by atoms with E-state index in [4.69, 9.17) is 5.73 Å². The summed E-state index contributed by atoms with van der Waals surface area (Å²) in [7, 11) is 0. The van der Waals surface area contributed by atoms with Gasteiger partial charge in [0.15, 0.2) is 11.6 Å². The lowest BCUT2D eigenvalue weighted by molar-refractivity contribution is 0.0960. The first-order valence-electron chi connectivity index (χ1n) is 5.93. The third-order valence-corrected chi connectivity index (χ3v) is 2.83. The Bertz CT molecular complexity index is 333. The first kappa shape index (κ1) is 12.9. The van der Waals surface area contributed by atoms with Crippen LogP contribution in [0.3, 0.4) is 0 Å². The van der Waals surface area contributed by atoms with Gasteiger partial charge in [0.05, 0.1) is 0 Å². The number of hydrogen-bond donors (Lipinski definition) is 1. The number of carbonyl (C=O) groups excluding carboxylic acids is 1. The predicted molar refractivity (Wildman–Crippen MR) is 64.3 cm³/mol. The third-order valence-electron chi connectivity index (χ3n) is 2.83. The van der Waals surface area contributed by atoms with Crippen molar-refractivity contribution >= 4 is 5.78 Å². The fourth-order valence-electron chi connectivity index (χ4n) is 1.73. The molecule has 0 amide bonds. The van der Waals surface area contributed by atoms with E-state index in [1.165, 1.54) is 0 Å². The predicted octanol–water partition coefficient (Wildman–Crippen LogP) is 1.85. The SMILES string of the molecule is CCn1ccnc1C(=O)CCC(C)CCN. The number of nitrogens with two attached hydrogens (primary N) is 1. The molecule has 0 aliphatic heterocycles. The first-order valence-corrected chi connectivity index (χ1v) is 5.93. The summed E-state index contributed by atoms with van der Waals surface area (Å²) in [5, 5.41) is 0. The Balaban J connectivity index is 2.46. The quantitative estimate of drug-likeness (QED) is 0.718. The Morgan fingerprint density at radius 3 is 2.94 bits per heavy atom. The molecule has 90 valence electrons. The van der Waals surface area contributed by atoms with Crippen molar-refractivity contribution in [2.24, 2.45) is 11.7 Å². The summed E-state index contributed by atoms with van der Waals surface area (Å²) in [5.74, 6) is 1.23. The van der Waals surface area contributed by atoms with Crippen molar-refractivity contribution in [1.29, 1.82) is 0 Å². The van der Waals surface area contributed by atoms with Crippen LogP contribution in [-0.4, -0.2) is 21.9 Å². The van der Waals surface area contributed by atoms with Crippen molar-refractivity contribution in [1.82, 2.24) is 9.55 Å². The molecule has 0 fully saturated rings. The molecule has 1 heterocycles. The van der Waals surface area contributed by atoms with Crippen LogP contribution in [-0.2, 0) is 6.54 Å². The van der Waals surface area contributed by atoms with Crippen LogP contribution >= 0.6 is 0 Å². The maximum Gasteiger partial charge on any atom is 0.198 e. The van der Waals surface area contributed by atoms with Crippen LogP contribution in [0.25, 0.3) is 0 Å². The van der Waals surface area contributed by atoms with Gasteiger partial charge in [-0.1, -0.05) is 6.92 Å². The van der Waals surface area contributed by atoms with E-state index < -0.39 is 0 Å². The van der Waals surface area contributed by atoms with Crippen molar-refractivity contribution in [3.63, 3.8) is 0 Å². The minimum atomic E-state index is 0.135. The summed E-state index contributed by atoms with van der Waals surface area (Å²) in [6.07, 6.45) is 5.97. The van der Waals surface area contributed by atoms with Gasteiger partial charge in [0.1, 0.15) is 0 Å². The van der Waals surface area contributed by atoms with Gasteiger partial charge in [0.25, 0.3) is 0 Å². The molecule has 1 rings (SSSR count). The highest BCUT2D eigenvalue weighted by Gasteiger charge is 2.13. The summed E-state index contributed by atoms with van der Waals surface area (Å²) in [6.45, 7) is 5.63. The summed E-state index contributed by atoms with van der Waals surface area (Å²) >= 11 is 0. The molecule has 1 aromatic rings. The Labute approximate surface area is 96.9 Å². The van der Waals surface area contributed by atoms with Gasteiger partial charge < -0.3 is 10.3 Å². The second-order valence-electron chi connectivity index (χ2n) is 4.18. The van der Waals surface area contributed by atoms with Crippen molar-refractivity contribution in [3.05, 3.63) is 18.2 Å². The monoisotopic (exact) mass is 223 g/mol. The van der Waals surface area contributed by atoms with E-state index in [0.717, 1.165) is 19.4 Å². The number of rotatable bonds is 7. The van der Waals surface area contributed by atoms with Gasteiger partial charge in [-0.15, -0.1) is 0 Å². The van der Waals surface area contributed by atoms with Crippen LogP contribution in [0, 0.1) is 5.92 Å². The van der Waals surface area contributed by atoms with Gasteiger partial charge in [0.2, 0.25) is 0 Å². The molecule has 2 N–H and O–H groups in total. The lowest BCUT2D eigenvalue weighted by Gasteiger charge is -2.09. The van der Waals surface area contributed by atoms with Crippen LogP contribution in [0.4, 0.5) is 0 Å². The molecule has 0 radical (unpaired) electrons. The molecule has 0 bridgehead atoms.